The summed E-state index contributed by atoms with van der Waals surface area (Å²) in [6, 6.07) is 8.07. The minimum absolute atomic E-state index is 0.285. The normalized spacial score (nSPS) is 14.4. The predicted octanol–water partition coefficient (Wildman–Crippen LogP) is 1.70. The monoisotopic (exact) mass is 220 g/mol. The Bertz CT molecular complexity index is 376. The Balaban J connectivity index is 3.10. The van der Waals surface area contributed by atoms with Gasteiger partial charge in [0.05, 0.1) is 0 Å². The number of nitrogens with one attached hydrogen (secondary N) is 1. The minimum atomic E-state index is -0.369. The highest BCUT2D eigenvalue weighted by atomic mass is 16.1. The van der Waals surface area contributed by atoms with Crippen LogP contribution in [-0.4, -0.2) is 12.5 Å². The Kier molecular flexibility index (Phi) is 4.07. The quantitative estimate of drug-likeness (QED) is 0.793. The molecule has 0 heterocycles. The lowest BCUT2D eigenvalue weighted by Gasteiger charge is -2.31. The van der Waals surface area contributed by atoms with Crippen molar-refractivity contribution in [3.05, 3.63) is 35.4 Å². The van der Waals surface area contributed by atoms with Crippen LogP contribution in [0.4, 0.5) is 0 Å². The maximum Gasteiger partial charge on any atom is 0.219 e. The SMILES string of the molecule is CCNC(C)(CC(N)=O)c1ccccc1C. The molecule has 1 aromatic carbocycles. The number of nitrogens with two attached hydrogens (primary N) is 1. The lowest BCUT2D eigenvalue weighted by molar-refractivity contribution is -0.119. The van der Waals surface area contributed by atoms with Gasteiger partial charge in [0.15, 0.2) is 0 Å². The van der Waals surface area contributed by atoms with E-state index in [1.165, 1.54) is 5.56 Å². The first kappa shape index (κ1) is 12.7. The molecule has 88 valence electrons. The fourth-order valence-corrected chi connectivity index (χ4v) is 2.18. The van der Waals surface area contributed by atoms with E-state index in [0.717, 1.165) is 12.1 Å². The van der Waals surface area contributed by atoms with Crippen LogP contribution < -0.4 is 11.1 Å². The highest BCUT2D eigenvalue weighted by molar-refractivity contribution is 5.75. The summed E-state index contributed by atoms with van der Waals surface area (Å²) in [5, 5.41) is 3.35. The Labute approximate surface area is 97.0 Å². The fraction of sp³-hybridized carbons (Fsp3) is 0.462. The highest BCUT2D eigenvalue weighted by Gasteiger charge is 2.28. The van der Waals surface area contributed by atoms with Gasteiger partial charge in [-0.25, -0.2) is 0 Å². The van der Waals surface area contributed by atoms with Crippen molar-refractivity contribution in [3.63, 3.8) is 0 Å². The third-order valence-corrected chi connectivity index (χ3v) is 2.83. The largest absolute Gasteiger partial charge is 0.370 e. The lowest BCUT2D eigenvalue weighted by Crippen LogP contribution is -2.43. The number of hydrogen-bond acceptors (Lipinski definition) is 2. The van der Waals surface area contributed by atoms with Gasteiger partial charge >= 0.3 is 0 Å². The number of benzene rings is 1. The summed E-state index contributed by atoms with van der Waals surface area (Å²) in [6.45, 7) is 6.89. The molecule has 0 fully saturated rings. The Hall–Kier alpha value is -1.35. The number of carbonyl (C=O) groups is 1. The van der Waals surface area contributed by atoms with Crippen molar-refractivity contribution in [2.75, 3.05) is 6.54 Å². The van der Waals surface area contributed by atoms with Crippen molar-refractivity contribution >= 4 is 5.91 Å². The fourth-order valence-electron chi connectivity index (χ4n) is 2.18. The summed E-state index contributed by atoms with van der Waals surface area (Å²) in [5.74, 6) is -0.285. The molecule has 0 aliphatic carbocycles. The van der Waals surface area contributed by atoms with Crippen LogP contribution in [0.1, 0.15) is 31.4 Å². The Morgan fingerprint density at radius 1 is 1.44 bits per heavy atom. The average molecular weight is 220 g/mol. The molecule has 1 atom stereocenters. The Morgan fingerprint density at radius 3 is 2.56 bits per heavy atom. The van der Waals surface area contributed by atoms with Crippen molar-refractivity contribution < 1.29 is 4.79 Å². The van der Waals surface area contributed by atoms with Crippen molar-refractivity contribution in [2.45, 2.75) is 32.7 Å². The van der Waals surface area contributed by atoms with Crippen molar-refractivity contribution in [3.8, 4) is 0 Å². The van der Waals surface area contributed by atoms with E-state index in [0.29, 0.717) is 6.42 Å². The van der Waals surface area contributed by atoms with Crippen LogP contribution in [0.3, 0.4) is 0 Å². The maximum atomic E-state index is 11.2. The number of hydrogen-bond donors (Lipinski definition) is 2. The van der Waals surface area contributed by atoms with Gasteiger partial charge in [0.2, 0.25) is 5.91 Å². The molecule has 0 spiro atoms. The first-order chi connectivity index (χ1) is 7.49. The number of rotatable bonds is 5. The molecular formula is C13H20N2O. The van der Waals surface area contributed by atoms with Crippen molar-refractivity contribution in [1.82, 2.24) is 5.32 Å². The summed E-state index contributed by atoms with van der Waals surface area (Å²) >= 11 is 0. The van der Waals surface area contributed by atoms with Gasteiger partial charge < -0.3 is 11.1 Å². The van der Waals surface area contributed by atoms with E-state index in [4.69, 9.17) is 5.73 Å². The molecule has 3 heteroatoms. The van der Waals surface area contributed by atoms with Gasteiger partial charge in [0, 0.05) is 12.0 Å². The smallest absolute Gasteiger partial charge is 0.219 e. The third kappa shape index (κ3) is 2.83. The van der Waals surface area contributed by atoms with Crippen LogP contribution in [0.2, 0.25) is 0 Å². The zero-order chi connectivity index (χ0) is 12.2. The predicted molar refractivity (Wildman–Crippen MR) is 66.0 cm³/mol. The maximum absolute atomic E-state index is 11.2. The third-order valence-electron chi connectivity index (χ3n) is 2.83. The van der Waals surface area contributed by atoms with Crippen molar-refractivity contribution in [1.29, 1.82) is 0 Å². The number of amides is 1. The molecule has 3 nitrogen and oxygen atoms in total. The first-order valence-electron chi connectivity index (χ1n) is 5.59. The number of carbonyl (C=O) groups excluding carboxylic acids is 1. The van der Waals surface area contributed by atoms with Crippen LogP contribution in [0.15, 0.2) is 24.3 Å². The molecule has 3 N–H and O–H groups in total. The molecule has 1 unspecified atom stereocenters. The topological polar surface area (TPSA) is 55.1 Å². The summed E-state index contributed by atoms with van der Waals surface area (Å²) in [5.41, 5.74) is 7.26. The molecule has 16 heavy (non-hydrogen) atoms. The molecule has 1 rings (SSSR count). The van der Waals surface area contributed by atoms with Gasteiger partial charge in [0.1, 0.15) is 0 Å². The van der Waals surface area contributed by atoms with Gasteiger partial charge in [-0.05, 0) is 31.5 Å². The van der Waals surface area contributed by atoms with E-state index < -0.39 is 0 Å². The van der Waals surface area contributed by atoms with E-state index in [2.05, 4.69) is 5.32 Å². The molecule has 1 amide bonds. The summed E-state index contributed by atoms with van der Waals surface area (Å²) in [4.78, 5) is 11.2. The number of primary amides is 1. The molecule has 0 aromatic heterocycles. The molecule has 0 saturated carbocycles. The van der Waals surface area contributed by atoms with Crippen LogP contribution in [0.5, 0.6) is 0 Å². The molecule has 0 aliphatic rings. The summed E-state index contributed by atoms with van der Waals surface area (Å²) in [6.07, 6.45) is 0.311. The zero-order valence-corrected chi connectivity index (χ0v) is 10.2. The summed E-state index contributed by atoms with van der Waals surface area (Å²) < 4.78 is 0. The van der Waals surface area contributed by atoms with E-state index >= 15 is 0 Å². The second kappa shape index (κ2) is 5.12. The first-order valence-corrected chi connectivity index (χ1v) is 5.59. The van der Waals surface area contributed by atoms with Gasteiger partial charge in [-0.2, -0.15) is 0 Å². The second-order valence-electron chi connectivity index (χ2n) is 4.32. The van der Waals surface area contributed by atoms with Crippen LogP contribution in [0.25, 0.3) is 0 Å². The van der Waals surface area contributed by atoms with E-state index in [1.54, 1.807) is 0 Å². The lowest BCUT2D eigenvalue weighted by atomic mass is 9.85. The summed E-state index contributed by atoms with van der Waals surface area (Å²) in [7, 11) is 0. The van der Waals surface area contributed by atoms with Crippen molar-refractivity contribution in [2.24, 2.45) is 5.73 Å². The highest BCUT2D eigenvalue weighted by Crippen LogP contribution is 2.27. The molecule has 0 saturated heterocycles. The Morgan fingerprint density at radius 2 is 2.06 bits per heavy atom. The van der Waals surface area contributed by atoms with E-state index in [-0.39, 0.29) is 11.4 Å². The molecular weight excluding hydrogens is 200 g/mol. The molecule has 0 radical (unpaired) electrons. The van der Waals surface area contributed by atoms with Gasteiger partial charge in [-0.15, -0.1) is 0 Å². The van der Waals surface area contributed by atoms with Crippen LogP contribution in [-0.2, 0) is 10.3 Å². The van der Waals surface area contributed by atoms with Gasteiger partial charge in [-0.1, -0.05) is 31.2 Å². The molecule has 1 aromatic rings. The molecule has 0 bridgehead atoms. The van der Waals surface area contributed by atoms with Gasteiger partial charge in [0.25, 0.3) is 0 Å². The standard InChI is InChI=1S/C13H20N2O/c1-4-15-13(3,9-12(14)16)11-8-6-5-7-10(11)2/h5-8,15H,4,9H2,1-3H3,(H2,14,16). The number of aryl methyl sites for hydroxylation is 1. The average Bonchev–Trinajstić information content (AvgIpc) is 2.17. The zero-order valence-electron chi connectivity index (χ0n) is 10.2. The van der Waals surface area contributed by atoms with Gasteiger partial charge in [-0.3, -0.25) is 4.79 Å². The second-order valence-corrected chi connectivity index (χ2v) is 4.32. The van der Waals surface area contributed by atoms with E-state index in [1.807, 2.05) is 45.0 Å². The van der Waals surface area contributed by atoms with E-state index in [9.17, 15) is 4.79 Å². The minimum Gasteiger partial charge on any atom is -0.370 e. The van der Waals surface area contributed by atoms with Crippen LogP contribution in [0, 0.1) is 6.92 Å². The van der Waals surface area contributed by atoms with Crippen LogP contribution >= 0.6 is 0 Å². The molecule has 0 aliphatic heterocycles.